The summed E-state index contributed by atoms with van der Waals surface area (Å²) in [7, 11) is 0. The summed E-state index contributed by atoms with van der Waals surface area (Å²) in [5.74, 6) is 5.97. The number of ether oxygens (including phenoxy) is 1. The van der Waals surface area contributed by atoms with Crippen molar-refractivity contribution in [3.05, 3.63) is 0 Å². The summed E-state index contributed by atoms with van der Waals surface area (Å²) in [6, 6.07) is 0. The molecule has 0 radical (unpaired) electrons. The van der Waals surface area contributed by atoms with Crippen molar-refractivity contribution < 1.29 is 9.94 Å². The molecule has 0 aromatic heterocycles. The lowest BCUT2D eigenvalue weighted by Crippen LogP contribution is -2.56. The first-order chi connectivity index (χ1) is 14.3. The highest BCUT2D eigenvalue weighted by molar-refractivity contribution is 5.92. The zero-order valence-corrected chi connectivity index (χ0v) is 20.1. The van der Waals surface area contributed by atoms with Crippen LogP contribution in [0.5, 0.6) is 0 Å². The highest BCUT2D eigenvalue weighted by Crippen LogP contribution is 2.70. The average Bonchev–Trinajstić information content (AvgIpc) is 3.43. The first-order valence-electron chi connectivity index (χ1n) is 13.2. The fraction of sp³-hybridized carbons (Fsp3) is 0.963. The molecule has 170 valence electrons. The van der Waals surface area contributed by atoms with Gasteiger partial charge < -0.3 is 9.94 Å². The molecule has 0 amide bonds. The largest absolute Gasteiger partial charge is 0.411 e. The van der Waals surface area contributed by atoms with Gasteiger partial charge in [0.1, 0.15) is 6.10 Å². The van der Waals surface area contributed by atoms with E-state index in [4.69, 9.17) is 4.74 Å². The van der Waals surface area contributed by atoms with Crippen molar-refractivity contribution in [2.75, 3.05) is 0 Å². The number of nitrogens with zero attached hydrogens (tertiary/aromatic N) is 1. The summed E-state index contributed by atoms with van der Waals surface area (Å²) in [6.45, 7) is 12.5. The van der Waals surface area contributed by atoms with Crippen LogP contribution in [0.15, 0.2) is 5.16 Å². The molecule has 0 bridgehead atoms. The lowest BCUT2D eigenvalue weighted by molar-refractivity contribution is -0.109. The van der Waals surface area contributed by atoms with Crippen LogP contribution in [0, 0.1) is 52.3 Å². The molecule has 5 fully saturated rings. The Morgan fingerprint density at radius 3 is 2.57 bits per heavy atom. The zero-order chi connectivity index (χ0) is 21.3. The van der Waals surface area contributed by atoms with E-state index >= 15 is 0 Å². The van der Waals surface area contributed by atoms with Crippen LogP contribution >= 0.6 is 0 Å². The van der Waals surface area contributed by atoms with Crippen LogP contribution < -0.4 is 0 Å². The average molecular weight is 416 g/mol. The lowest BCUT2D eigenvalue weighted by atomic mass is 9.44. The second kappa shape index (κ2) is 7.49. The van der Waals surface area contributed by atoms with E-state index in [2.05, 4.69) is 39.8 Å². The molecule has 5 rings (SSSR count). The molecule has 3 nitrogen and oxygen atoms in total. The van der Waals surface area contributed by atoms with E-state index in [9.17, 15) is 5.21 Å². The molecule has 3 heteroatoms. The summed E-state index contributed by atoms with van der Waals surface area (Å²) < 4.78 is 6.17. The normalized spacial score (nSPS) is 51.8. The second-order valence-electron chi connectivity index (χ2n) is 12.8. The Balaban J connectivity index is 1.32. The van der Waals surface area contributed by atoms with Gasteiger partial charge in [-0.25, -0.2) is 0 Å². The maximum Gasteiger partial charge on any atom is 0.126 e. The molecule has 0 aromatic rings. The number of epoxide rings is 1. The van der Waals surface area contributed by atoms with Crippen LogP contribution in [0.25, 0.3) is 0 Å². The van der Waals surface area contributed by atoms with Crippen LogP contribution in [0.2, 0.25) is 0 Å². The first kappa shape index (κ1) is 21.3. The molecule has 5 aliphatic rings. The van der Waals surface area contributed by atoms with E-state index < -0.39 is 0 Å². The molecule has 0 aromatic carbocycles. The Labute approximate surface area is 184 Å². The Hall–Kier alpha value is -0.570. The van der Waals surface area contributed by atoms with Crippen LogP contribution in [0.4, 0.5) is 0 Å². The van der Waals surface area contributed by atoms with Gasteiger partial charge in [-0.3, -0.25) is 0 Å². The number of fused-ring (bicyclic) bond motifs is 7. The minimum absolute atomic E-state index is 0.126. The minimum Gasteiger partial charge on any atom is -0.411 e. The summed E-state index contributed by atoms with van der Waals surface area (Å²) in [5, 5.41) is 13.0. The van der Waals surface area contributed by atoms with Crippen molar-refractivity contribution in [1.29, 1.82) is 0 Å². The first-order valence-corrected chi connectivity index (χ1v) is 13.2. The fourth-order valence-electron chi connectivity index (χ4n) is 9.56. The van der Waals surface area contributed by atoms with Crippen molar-refractivity contribution in [2.24, 2.45) is 57.4 Å². The summed E-state index contributed by atoms with van der Waals surface area (Å²) in [5.41, 5.74) is 1.81. The third-order valence-corrected chi connectivity index (χ3v) is 11.2. The number of oxime groups is 1. The maximum atomic E-state index is 9.43. The smallest absolute Gasteiger partial charge is 0.126 e. The molecule has 10 atom stereocenters. The molecule has 4 aliphatic carbocycles. The molecule has 30 heavy (non-hydrogen) atoms. The topological polar surface area (TPSA) is 45.1 Å². The Bertz CT molecular complexity index is 688. The SMILES string of the molecule is CC(C)CCC[C@@H](C)[C@H]1CC[C@H]2[C@@H]3CC[C@H]4C/C(=N\O)[C@@H]5O[C@@H]5[C@]4(C)[C@H]3CC[C@]12C. The van der Waals surface area contributed by atoms with Gasteiger partial charge in [0.25, 0.3) is 0 Å². The van der Waals surface area contributed by atoms with E-state index in [1.807, 2.05) is 0 Å². The summed E-state index contributed by atoms with van der Waals surface area (Å²) in [6.07, 6.45) is 14.1. The Morgan fingerprint density at radius 1 is 1.03 bits per heavy atom. The molecule has 1 aliphatic heterocycles. The van der Waals surface area contributed by atoms with E-state index in [0.29, 0.717) is 22.9 Å². The summed E-state index contributed by atoms with van der Waals surface area (Å²) in [4.78, 5) is 0. The minimum atomic E-state index is 0.126. The third kappa shape index (κ3) is 3.04. The highest BCUT2D eigenvalue weighted by Gasteiger charge is 2.69. The molecule has 4 saturated carbocycles. The third-order valence-electron chi connectivity index (χ3n) is 11.2. The van der Waals surface area contributed by atoms with Crippen molar-refractivity contribution in [3.8, 4) is 0 Å². The molecule has 0 spiro atoms. The molecular weight excluding hydrogens is 370 g/mol. The van der Waals surface area contributed by atoms with Gasteiger partial charge in [0.15, 0.2) is 0 Å². The van der Waals surface area contributed by atoms with Gasteiger partial charge in [-0.1, -0.05) is 59.0 Å². The lowest BCUT2D eigenvalue weighted by Gasteiger charge is -2.60. The highest BCUT2D eigenvalue weighted by atomic mass is 16.6. The van der Waals surface area contributed by atoms with Crippen LogP contribution in [-0.2, 0) is 4.74 Å². The van der Waals surface area contributed by atoms with Crippen molar-refractivity contribution >= 4 is 5.71 Å². The van der Waals surface area contributed by atoms with E-state index in [1.165, 1.54) is 57.8 Å². The molecule has 0 unspecified atom stereocenters. The second-order valence-corrected chi connectivity index (χ2v) is 12.8. The van der Waals surface area contributed by atoms with Crippen molar-refractivity contribution in [1.82, 2.24) is 0 Å². The molecule has 1 N–H and O–H groups in total. The van der Waals surface area contributed by atoms with Gasteiger partial charge in [-0.2, -0.15) is 0 Å². The van der Waals surface area contributed by atoms with Gasteiger partial charge in [-0.05, 0) is 91.8 Å². The van der Waals surface area contributed by atoms with Crippen LogP contribution in [0.1, 0.15) is 98.8 Å². The van der Waals surface area contributed by atoms with Gasteiger partial charge in [0.2, 0.25) is 0 Å². The Morgan fingerprint density at radius 2 is 1.83 bits per heavy atom. The maximum absolute atomic E-state index is 9.43. The predicted molar refractivity (Wildman–Crippen MR) is 122 cm³/mol. The predicted octanol–water partition coefficient (Wildman–Crippen LogP) is 6.93. The van der Waals surface area contributed by atoms with Gasteiger partial charge in [0, 0.05) is 5.41 Å². The Kier molecular flexibility index (Phi) is 5.32. The van der Waals surface area contributed by atoms with Crippen molar-refractivity contribution in [3.63, 3.8) is 0 Å². The fourth-order valence-corrected chi connectivity index (χ4v) is 9.56. The molecular formula is C27H45NO2. The van der Waals surface area contributed by atoms with Gasteiger partial charge >= 0.3 is 0 Å². The molecule has 1 heterocycles. The zero-order valence-electron chi connectivity index (χ0n) is 20.1. The molecule has 1 saturated heterocycles. The van der Waals surface area contributed by atoms with Gasteiger partial charge in [0.05, 0.1) is 11.8 Å². The quantitative estimate of drug-likeness (QED) is 0.301. The van der Waals surface area contributed by atoms with Gasteiger partial charge in [-0.15, -0.1) is 0 Å². The van der Waals surface area contributed by atoms with E-state index in [-0.39, 0.29) is 6.10 Å². The van der Waals surface area contributed by atoms with Crippen LogP contribution in [-0.4, -0.2) is 23.1 Å². The van der Waals surface area contributed by atoms with Crippen molar-refractivity contribution in [2.45, 2.75) is 111 Å². The standard InChI is InChI=1S/C27H45NO2/c1-16(2)7-6-8-17(3)20-11-12-21-19-10-9-18-15-23(28-29)24-25(30-24)27(18,5)22(19)13-14-26(20,21)4/h16-22,24-25,29H,6-15H2,1-5H3/b28-23+/t17-,18+,19+,20-,21+,22+,24+,25+,26-,27+/m1/s1. The van der Waals surface area contributed by atoms with Crippen LogP contribution in [0.3, 0.4) is 0 Å². The van der Waals surface area contributed by atoms with E-state index in [0.717, 1.165) is 47.6 Å². The number of hydrogen-bond acceptors (Lipinski definition) is 3. The van der Waals surface area contributed by atoms with E-state index in [1.54, 1.807) is 0 Å². The number of hydrogen-bond donors (Lipinski definition) is 1. The monoisotopic (exact) mass is 415 g/mol. The summed E-state index contributed by atoms with van der Waals surface area (Å²) >= 11 is 0. The number of rotatable bonds is 5.